The summed E-state index contributed by atoms with van der Waals surface area (Å²) < 4.78 is 10.4. The minimum absolute atomic E-state index is 0.0146. The third kappa shape index (κ3) is 7.44. The van der Waals surface area contributed by atoms with E-state index in [2.05, 4.69) is 10.6 Å². The van der Waals surface area contributed by atoms with Gasteiger partial charge in [0, 0.05) is 11.4 Å². The molecule has 0 aromatic heterocycles. The maximum Gasteiger partial charge on any atom is 0.411 e. The minimum atomic E-state index is -0.668. The van der Waals surface area contributed by atoms with E-state index in [1.165, 1.54) is 0 Å². The van der Waals surface area contributed by atoms with Crippen LogP contribution in [0.1, 0.15) is 16.7 Å². The number of rotatable bonds is 6. The minimum Gasteiger partial charge on any atom is -0.444 e. The van der Waals surface area contributed by atoms with Crippen LogP contribution in [-0.4, -0.2) is 12.2 Å². The van der Waals surface area contributed by atoms with Gasteiger partial charge in [-0.3, -0.25) is 10.6 Å². The standard InChI is InChI=1S/C23H18Cl4N2O4/c1-13-2-5-16(28-22(30)32-11-14-3-6-17(24)19(26)8-14)10-21(13)29-23(31)33-12-15-4-7-18(25)20(27)9-15/h2-10H,11-12H2,1H3,(H,28,30)(H,29,31). The Bertz CT molecular complexity index is 1190. The zero-order valence-electron chi connectivity index (χ0n) is 17.3. The van der Waals surface area contributed by atoms with Crippen molar-refractivity contribution in [3.05, 3.63) is 91.4 Å². The highest BCUT2D eigenvalue weighted by Crippen LogP contribution is 2.25. The van der Waals surface area contributed by atoms with Gasteiger partial charge in [-0.25, -0.2) is 9.59 Å². The monoisotopic (exact) mass is 526 g/mol. The molecule has 3 rings (SSSR count). The van der Waals surface area contributed by atoms with Crippen LogP contribution in [0, 0.1) is 6.92 Å². The predicted octanol–water partition coefficient (Wildman–Crippen LogP) is 8.11. The molecule has 0 aliphatic heterocycles. The highest BCUT2D eigenvalue weighted by molar-refractivity contribution is 6.42. The van der Waals surface area contributed by atoms with Gasteiger partial charge >= 0.3 is 12.2 Å². The van der Waals surface area contributed by atoms with Crippen molar-refractivity contribution in [1.29, 1.82) is 0 Å². The highest BCUT2D eigenvalue weighted by atomic mass is 35.5. The SMILES string of the molecule is Cc1ccc(NC(=O)OCc2ccc(Cl)c(Cl)c2)cc1NC(=O)OCc1ccc(Cl)c(Cl)c1. The quantitative estimate of drug-likeness (QED) is 0.339. The summed E-state index contributed by atoms with van der Waals surface area (Å²) in [5.74, 6) is 0. The Labute approximate surface area is 210 Å². The molecule has 10 heteroatoms. The lowest BCUT2D eigenvalue weighted by molar-refractivity contribution is 0.154. The number of hydrogen-bond donors (Lipinski definition) is 2. The molecule has 2 N–H and O–H groups in total. The van der Waals surface area contributed by atoms with Gasteiger partial charge in [0.15, 0.2) is 0 Å². The van der Waals surface area contributed by atoms with E-state index in [4.69, 9.17) is 55.9 Å². The molecule has 6 nitrogen and oxygen atoms in total. The van der Waals surface area contributed by atoms with E-state index in [9.17, 15) is 9.59 Å². The first-order valence-electron chi connectivity index (χ1n) is 9.57. The molecule has 0 bridgehead atoms. The van der Waals surface area contributed by atoms with Gasteiger partial charge in [0.2, 0.25) is 0 Å². The van der Waals surface area contributed by atoms with Crippen molar-refractivity contribution in [3.8, 4) is 0 Å². The zero-order chi connectivity index (χ0) is 24.0. The van der Waals surface area contributed by atoms with E-state index < -0.39 is 12.2 Å². The molecule has 2 amide bonds. The number of benzene rings is 3. The summed E-state index contributed by atoms with van der Waals surface area (Å²) in [6.07, 6.45) is -1.33. The van der Waals surface area contributed by atoms with Gasteiger partial charge in [-0.15, -0.1) is 0 Å². The number of amides is 2. The van der Waals surface area contributed by atoms with Crippen LogP contribution in [0.5, 0.6) is 0 Å². The van der Waals surface area contributed by atoms with Gasteiger partial charge in [-0.1, -0.05) is 64.6 Å². The van der Waals surface area contributed by atoms with Crippen LogP contribution in [0.3, 0.4) is 0 Å². The van der Waals surface area contributed by atoms with Gasteiger partial charge in [0.25, 0.3) is 0 Å². The second-order valence-corrected chi connectivity index (χ2v) is 8.56. The van der Waals surface area contributed by atoms with Crippen LogP contribution in [0.4, 0.5) is 21.0 Å². The first-order valence-corrected chi connectivity index (χ1v) is 11.1. The lowest BCUT2D eigenvalue weighted by Crippen LogP contribution is -2.16. The lowest BCUT2D eigenvalue weighted by Gasteiger charge is -2.12. The van der Waals surface area contributed by atoms with Gasteiger partial charge in [-0.05, 0) is 60.0 Å². The molecule has 0 aliphatic rings. The molecule has 0 heterocycles. The van der Waals surface area contributed by atoms with E-state index in [-0.39, 0.29) is 13.2 Å². The number of aryl methyl sites for hydroxylation is 1. The normalized spacial score (nSPS) is 10.5. The third-order valence-electron chi connectivity index (χ3n) is 4.43. The van der Waals surface area contributed by atoms with Crippen LogP contribution in [0.15, 0.2) is 54.6 Å². The molecule has 0 aliphatic carbocycles. The van der Waals surface area contributed by atoms with Gasteiger partial charge in [0.05, 0.1) is 20.1 Å². The summed E-state index contributed by atoms with van der Waals surface area (Å²) in [5, 5.41) is 6.84. The summed E-state index contributed by atoms with van der Waals surface area (Å²) in [5.41, 5.74) is 3.05. The molecule has 0 radical (unpaired) electrons. The topological polar surface area (TPSA) is 76.7 Å². The summed E-state index contributed by atoms with van der Waals surface area (Å²) in [6, 6.07) is 14.9. The molecule has 0 saturated carbocycles. The van der Waals surface area contributed by atoms with Crippen molar-refractivity contribution in [2.24, 2.45) is 0 Å². The van der Waals surface area contributed by atoms with E-state index >= 15 is 0 Å². The summed E-state index contributed by atoms with van der Waals surface area (Å²) >= 11 is 23.7. The van der Waals surface area contributed by atoms with Crippen molar-refractivity contribution in [2.45, 2.75) is 20.1 Å². The fourth-order valence-corrected chi connectivity index (χ4v) is 3.33. The van der Waals surface area contributed by atoms with E-state index in [1.807, 2.05) is 0 Å². The number of ether oxygens (including phenoxy) is 2. The van der Waals surface area contributed by atoms with E-state index in [1.54, 1.807) is 61.5 Å². The average Bonchev–Trinajstić information content (AvgIpc) is 2.77. The lowest BCUT2D eigenvalue weighted by atomic mass is 10.2. The number of carbonyl (C=O) groups is 2. The number of nitrogens with one attached hydrogen (secondary N) is 2. The van der Waals surface area contributed by atoms with Crippen molar-refractivity contribution < 1.29 is 19.1 Å². The highest BCUT2D eigenvalue weighted by Gasteiger charge is 2.11. The van der Waals surface area contributed by atoms with Crippen LogP contribution in [-0.2, 0) is 22.7 Å². The second kappa shape index (κ2) is 11.5. The molecule has 0 fully saturated rings. The number of halogens is 4. The van der Waals surface area contributed by atoms with Crippen molar-refractivity contribution in [3.63, 3.8) is 0 Å². The van der Waals surface area contributed by atoms with Crippen molar-refractivity contribution >= 4 is 70.0 Å². The fourth-order valence-electron chi connectivity index (χ4n) is 2.69. The zero-order valence-corrected chi connectivity index (χ0v) is 20.3. The molecule has 0 spiro atoms. The second-order valence-electron chi connectivity index (χ2n) is 6.93. The van der Waals surface area contributed by atoms with Gasteiger partial charge in [0.1, 0.15) is 13.2 Å². The fraction of sp³-hybridized carbons (Fsp3) is 0.130. The van der Waals surface area contributed by atoms with Gasteiger partial charge in [-0.2, -0.15) is 0 Å². The molecular formula is C23H18Cl4N2O4. The van der Waals surface area contributed by atoms with Crippen LogP contribution >= 0.6 is 46.4 Å². The third-order valence-corrected chi connectivity index (χ3v) is 5.91. The van der Waals surface area contributed by atoms with Crippen molar-refractivity contribution in [2.75, 3.05) is 10.6 Å². The summed E-state index contributed by atoms with van der Waals surface area (Å²) in [7, 11) is 0. The van der Waals surface area contributed by atoms with Crippen LogP contribution in [0.25, 0.3) is 0 Å². The number of anilines is 2. The van der Waals surface area contributed by atoms with Crippen molar-refractivity contribution in [1.82, 2.24) is 0 Å². The Balaban J connectivity index is 1.54. The Morgan fingerprint density at radius 2 is 1.21 bits per heavy atom. The molecule has 172 valence electrons. The van der Waals surface area contributed by atoms with E-state index in [0.29, 0.717) is 42.6 Å². The maximum atomic E-state index is 12.2. The predicted molar refractivity (Wildman–Crippen MR) is 132 cm³/mol. The van der Waals surface area contributed by atoms with Gasteiger partial charge < -0.3 is 9.47 Å². The van der Waals surface area contributed by atoms with E-state index in [0.717, 1.165) is 5.56 Å². The molecule has 3 aromatic carbocycles. The first kappa shape index (κ1) is 25.0. The molecule has 3 aromatic rings. The Morgan fingerprint density at radius 3 is 1.73 bits per heavy atom. The largest absolute Gasteiger partial charge is 0.444 e. The first-order chi connectivity index (χ1) is 15.7. The smallest absolute Gasteiger partial charge is 0.411 e. The maximum absolute atomic E-state index is 12.2. The Kier molecular flexibility index (Phi) is 8.69. The summed E-state index contributed by atoms with van der Waals surface area (Å²) in [6.45, 7) is 1.84. The summed E-state index contributed by atoms with van der Waals surface area (Å²) in [4.78, 5) is 24.4. The molecule has 0 saturated heterocycles. The van der Waals surface area contributed by atoms with Crippen LogP contribution in [0.2, 0.25) is 20.1 Å². The Hall–Kier alpha value is -2.64. The molecular weight excluding hydrogens is 510 g/mol. The van der Waals surface area contributed by atoms with Crippen LogP contribution < -0.4 is 10.6 Å². The average molecular weight is 528 g/mol. The number of carbonyl (C=O) groups excluding carboxylic acids is 2. The Morgan fingerprint density at radius 1 is 0.697 bits per heavy atom. The molecule has 33 heavy (non-hydrogen) atoms. The number of hydrogen-bond acceptors (Lipinski definition) is 4. The molecule has 0 unspecified atom stereocenters. The molecule has 0 atom stereocenters.